The van der Waals surface area contributed by atoms with E-state index in [1.165, 1.54) is 0 Å². The summed E-state index contributed by atoms with van der Waals surface area (Å²) in [5.74, 6) is -3.80. The Hall–Kier alpha value is -0.730. The fraction of sp³-hybridized carbons (Fsp3) is 0.364. The van der Waals surface area contributed by atoms with Crippen LogP contribution in [-0.2, 0) is 9.05 Å². The highest BCUT2D eigenvalue weighted by molar-refractivity contribution is 9.10. The molecule has 0 saturated carbocycles. The van der Waals surface area contributed by atoms with E-state index in [0.29, 0.717) is 6.07 Å². The van der Waals surface area contributed by atoms with Crippen LogP contribution in [0.2, 0.25) is 0 Å². The second-order valence-corrected chi connectivity index (χ2v) is 8.36. The summed E-state index contributed by atoms with van der Waals surface area (Å²) in [4.78, 5) is 10.9. The van der Waals surface area contributed by atoms with Gasteiger partial charge in [-0.3, -0.25) is 4.79 Å². The number of hydrogen-bond donors (Lipinski definition) is 1. The maximum absolute atomic E-state index is 14.1. The van der Waals surface area contributed by atoms with Gasteiger partial charge in [0.1, 0.15) is 16.3 Å². The molecule has 0 aromatic heterocycles. The maximum Gasteiger partial charge on any atom is 0.265 e. The summed E-state index contributed by atoms with van der Waals surface area (Å²) in [6.07, 6.45) is 0. The average molecular weight is 391 g/mol. The van der Waals surface area contributed by atoms with Crippen molar-refractivity contribution in [3.8, 4) is 0 Å². The molecule has 112 valence electrons. The van der Waals surface area contributed by atoms with Gasteiger partial charge < -0.3 is 5.32 Å². The topological polar surface area (TPSA) is 63.2 Å². The molecule has 0 unspecified atom stereocenters. The predicted molar refractivity (Wildman–Crippen MR) is 74.3 cm³/mol. The minimum Gasteiger partial charge on any atom is -0.347 e. The smallest absolute Gasteiger partial charge is 0.265 e. The number of rotatable bonds is 2. The summed E-state index contributed by atoms with van der Waals surface area (Å²) in [6, 6.07) is 0.677. The van der Waals surface area contributed by atoms with E-state index in [0.717, 1.165) is 0 Å². The van der Waals surface area contributed by atoms with Crippen LogP contribution in [0.5, 0.6) is 0 Å². The van der Waals surface area contributed by atoms with Crippen molar-refractivity contribution in [3.05, 3.63) is 27.7 Å². The Bertz CT molecular complexity index is 671. The Morgan fingerprint density at radius 1 is 1.35 bits per heavy atom. The molecule has 0 aliphatic rings. The molecule has 0 heterocycles. The molecule has 0 radical (unpaired) electrons. The second kappa shape index (κ2) is 5.57. The second-order valence-electron chi connectivity index (χ2n) is 5.00. The van der Waals surface area contributed by atoms with Gasteiger partial charge in [0.15, 0.2) is 5.82 Å². The van der Waals surface area contributed by atoms with E-state index in [1.54, 1.807) is 20.8 Å². The lowest BCUT2D eigenvalue weighted by molar-refractivity contribution is 0.0910. The third-order valence-electron chi connectivity index (χ3n) is 2.09. The van der Waals surface area contributed by atoms with Gasteiger partial charge in [-0.1, -0.05) is 0 Å². The molecule has 20 heavy (non-hydrogen) atoms. The summed E-state index contributed by atoms with van der Waals surface area (Å²) in [6.45, 7) is 4.83. The predicted octanol–water partition coefficient (Wildman–Crippen LogP) is 3.18. The van der Waals surface area contributed by atoms with Crippen molar-refractivity contribution in [3.63, 3.8) is 0 Å². The first-order chi connectivity index (χ1) is 8.84. The van der Waals surface area contributed by atoms with Crippen LogP contribution in [0.1, 0.15) is 31.1 Å². The van der Waals surface area contributed by atoms with Gasteiger partial charge in [0.2, 0.25) is 0 Å². The van der Waals surface area contributed by atoms with Crippen LogP contribution in [0.25, 0.3) is 0 Å². The van der Waals surface area contributed by atoms with E-state index in [4.69, 9.17) is 10.7 Å². The van der Waals surface area contributed by atoms with E-state index >= 15 is 0 Å². The third kappa shape index (κ3) is 3.89. The molecular weight excluding hydrogens is 380 g/mol. The average Bonchev–Trinajstić information content (AvgIpc) is 2.09. The molecule has 9 heteroatoms. The molecule has 4 nitrogen and oxygen atoms in total. The van der Waals surface area contributed by atoms with Crippen LogP contribution < -0.4 is 5.32 Å². The lowest BCUT2D eigenvalue weighted by Crippen LogP contribution is -2.41. The Balaban J connectivity index is 3.54. The van der Waals surface area contributed by atoms with Gasteiger partial charge in [-0.2, -0.15) is 0 Å². The molecule has 0 saturated heterocycles. The molecule has 1 aromatic rings. The summed E-state index contributed by atoms with van der Waals surface area (Å²) >= 11 is 2.70. The largest absolute Gasteiger partial charge is 0.347 e. The SMILES string of the molecule is CC(C)(C)NC(=O)c1c(F)cc(Br)c(S(=O)(=O)Cl)c1F. The van der Waals surface area contributed by atoms with Crippen LogP contribution in [0, 0.1) is 11.6 Å². The van der Waals surface area contributed by atoms with Crippen LogP contribution in [0.3, 0.4) is 0 Å². The molecule has 0 atom stereocenters. The number of benzene rings is 1. The Morgan fingerprint density at radius 2 is 1.85 bits per heavy atom. The number of hydrogen-bond acceptors (Lipinski definition) is 3. The van der Waals surface area contributed by atoms with Crippen molar-refractivity contribution in [2.24, 2.45) is 0 Å². The molecule has 0 aliphatic carbocycles. The van der Waals surface area contributed by atoms with E-state index < -0.39 is 47.1 Å². The number of nitrogens with one attached hydrogen (secondary N) is 1. The van der Waals surface area contributed by atoms with Gasteiger partial charge in [-0.25, -0.2) is 17.2 Å². The zero-order chi connectivity index (χ0) is 15.9. The first-order valence-corrected chi connectivity index (χ1v) is 8.39. The van der Waals surface area contributed by atoms with Gasteiger partial charge in [-0.15, -0.1) is 0 Å². The van der Waals surface area contributed by atoms with E-state index in [9.17, 15) is 22.0 Å². The quantitative estimate of drug-likeness (QED) is 0.789. The van der Waals surface area contributed by atoms with Gasteiger partial charge in [0.25, 0.3) is 15.0 Å². The standard InChI is InChI=1S/C11H11BrClF2NO3S/c1-11(2,3)16-10(17)7-6(14)4-5(12)9(8(7)15)20(13,18)19/h4H,1-3H3,(H,16,17). The Morgan fingerprint density at radius 3 is 2.25 bits per heavy atom. The minimum atomic E-state index is -4.48. The highest BCUT2D eigenvalue weighted by atomic mass is 79.9. The molecule has 0 fully saturated rings. The molecule has 1 amide bonds. The number of carbonyl (C=O) groups is 1. The fourth-order valence-electron chi connectivity index (χ4n) is 1.41. The number of amides is 1. The van der Waals surface area contributed by atoms with Crippen molar-refractivity contribution in [1.29, 1.82) is 0 Å². The lowest BCUT2D eigenvalue weighted by Gasteiger charge is -2.21. The summed E-state index contributed by atoms with van der Waals surface area (Å²) < 4.78 is 50.0. The van der Waals surface area contributed by atoms with Crippen LogP contribution in [0.4, 0.5) is 8.78 Å². The number of carbonyl (C=O) groups excluding carboxylic acids is 1. The highest BCUT2D eigenvalue weighted by Crippen LogP contribution is 2.31. The van der Waals surface area contributed by atoms with E-state index in [1.807, 2.05) is 0 Å². The van der Waals surface area contributed by atoms with Crippen molar-refractivity contribution in [2.45, 2.75) is 31.2 Å². The normalized spacial score (nSPS) is 12.3. The van der Waals surface area contributed by atoms with Gasteiger partial charge >= 0.3 is 0 Å². The first-order valence-electron chi connectivity index (χ1n) is 5.29. The molecule has 1 rings (SSSR count). The minimum absolute atomic E-state index is 0.394. The molecule has 0 spiro atoms. The Labute approximate surface area is 128 Å². The monoisotopic (exact) mass is 389 g/mol. The summed E-state index contributed by atoms with van der Waals surface area (Å²) in [7, 11) is 0.602. The van der Waals surface area contributed by atoms with Crippen LogP contribution in [-0.4, -0.2) is 19.9 Å². The third-order valence-corrected chi connectivity index (χ3v) is 4.32. The fourth-order valence-corrected chi connectivity index (χ4v) is 3.76. The van der Waals surface area contributed by atoms with Crippen molar-refractivity contribution >= 4 is 41.6 Å². The first kappa shape index (κ1) is 17.3. The Kier molecular flexibility index (Phi) is 4.83. The van der Waals surface area contributed by atoms with Gasteiger partial charge in [-0.05, 0) is 42.8 Å². The maximum atomic E-state index is 14.1. The zero-order valence-electron chi connectivity index (χ0n) is 10.7. The van der Waals surface area contributed by atoms with Crippen molar-refractivity contribution < 1.29 is 22.0 Å². The molecule has 1 aromatic carbocycles. The summed E-state index contributed by atoms with van der Waals surface area (Å²) in [5.41, 5.74) is -1.74. The zero-order valence-corrected chi connectivity index (χ0v) is 13.9. The van der Waals surface area contributed by atoms with Crippen molar-refractivity contribution in [1.82, 2.24) is 5.32 Å². The molecule has 1 N–H and O–H groups in total. The van der Waals surface area contributed by atoms with Gasteiger partial charge in [0.05, 0.1) is 0 Å². The molecule has 0 bridgehead atoms. The molecular formula is C11H11BrClF2NO3S. The van der Waals surface area contributed by atoms with E-state index in [2.05, 4.69) is 21.2 Å². The molecule has 0 aliphatic heterocycles. The van der Waals surface area contributed by atoms with Crippen molar-refractivity contribution in [2.75, 3.05) is 0 Å². The lowest BCUT2D eigenvalue weighted by atomic mass is 10.1. The van der Waals surface area contributed by atoms with Crippen LogP contribution >= 0.6 is 26.6 Å². The highest BCUT2D eigenvalue weighted by Gasteiger charge is 2.30. The number of halogens is 4. The van der Waals surface area contributed by atoms with E-state index in [-0.39, 0.29) is 0 Å². The summed E-state index contributed by atoms with van der Waals surface area (Å²) in [5, 5.41) is 2.34. The van der Waals surface area contributed by atoms with Gasteiger partial charge in [0, 0.05) is 20.7 Å². The van der Waals surface area contributed by atoms with Crippen LogP contribution in [0.15, 0.2) is 15.4 Å².